The van der Waals surface area contributed by atoms with Crippen molar-refractivity contribution < 1.29 is 12.8 Å². The zero-order valence-electron chi connectivity index (χ0n) is 9.91. The Bertz CT molecular complexity index is 524. The van der Waals surface area contributed by atoms with Gasteiger partial charge >= 0.3 is 0 Å². The molecular weight excluding hydrogens is 277 g/mol. The number of hydrogen-bond acceptors (Lipinski definition) is 6. The highest BCUT2D eigenvalue weighted by atomic mass is 32.2. The van der Waals surface area contributed by atoms with Gasteiger partial charge < -0.3 is 4.90 Å². The molecule has 1 atom stereocenters. The van der Waals surface area contributed by atoms with Crippen molar-refractivity contribution in [3.05, 3.63) is 18.3 Å². The number of thioether (sulfide) groups is 1. The molecule has 2 heterocycles. The summed E-state index contributed by atoms with van der Waals surface area (Å²) in [5, 5.41) is -0.629. The first kappa shape index (κ1) is 13.5. The van der Waals surface area contributed by atoms with E-state index in [1.165, 1.54) is 6.07 Å². The lowest BCUT2D eigenvalue weighted by Crippen LogP contribution is -2.48. The van der Waals surface area contributed by atoms with Crippen LogP contribution >= 0.6 is 11.8 Å². The first-order valence-electron chi connectivity index (χ1n) is 5.58. The van der Waals surface area contributed by atoms with Crippen molar-refractivity contribution in [2.45, 2.75) is 12.3 Å². The fourth-order valence-electron chi connectivity index (χ4n) is 1.81. The molecule has 18 heavy (non-hydrogen) atoms. The molecule has 0 spiro atoms. The van der Waals surface area contributed by atoms with Gasteiger partial charge in [0.25, 0.3) is 0 Å². The molecule has 1 aromatic rings. The Labute approximate surface area is 110 Å². The van der Waals surface area contributed by atoms with Crippen molar-refractivity contribution in [3.8, 4) is 0 Å². The highest BCUT2D eigenvalue weighted by Gasteiger charge is 2.33. The smallest absolute Gasteiger partial charge is 0.218 e. The van der Waals surface area contributed by atoms with E-state index >= 15 is 0 Å². The third-order valence-electron chi connectivity index (χ3n) is 2.82. The molecule has 0 saturated carbocycles. The van der Waals surface area contributed by atoms with Crippen LogP contribution in [0, 0.1) is 5.95 Å². The quantitative estimate of drug-likeness (QED) is 0.772. The fourth-order valence-corrected chi connectivity index (χ4v) is 4.79. The topological polar surface area (TPSA) is 63.2 Å². The predicted molar refractivity (Wildman–Crippen MR) is 69.9 cm³/mol. The van der Waals surface area contributed by atoms with Crippen LogP contribution in [0.4, 0.5) is 10.2 Å². The monoisotopic (exact) mass is 291 g/mol. The molecule has 0 aromatic carbocycles. The van der Waals surface area contributed by atoms with Crippen LogP contribution in [0.5, 0.6) is 0 Å². The molecule has 0 bridgehead atoms. The number of rotatable bonds is 3. The lowest BCUT2D eigenvalue weighted by Gasteiger charge is -2.35. The zero-order chi connectivity index (χ0) is 13.2. The van der Waals surface area contributed by atoms with E-state index in [1.807, 2.05) is 0 Å². The minimum Gasteiger partial charge on any atom is -0.338 e. The van der Waals surface area contributed by atoms with Crippen LogP contribution in [-0.2, 0) is 9.84 Å². The second-order valence-corrected chi connectivity index (χ2v) is 7.47. The molecule has 100 valence electrons. The molecule has 1 saturated heterocycles. The summed E-state index contributed by atoms with van der Waals surface area (Å²) in [5.74, 6) is 1.06. The summed E-state index contributed by atoms with van der Waals surface area (Å²) >= 11 is 1.59. The summed E-state index contributed by atoms with van der Waals surface area (Å²) < 4.78 is 37.2. The molecule has 0 amide bonds. The average Bonchev–Trinajstić information content (AvgIpc) is 2.39. The molecule has 1 aliphatic heterocycles. The van der Waals surface area contributed by atoms with Gasteiger partial charge in [0.2, 0.25) is 5.95 Å². The Kier molecular flexibility index (Phi) is 4.06. The van der Waals surface area contributed by atoms with Crippen molar-refractivity contribution in [1.29, 1.82) is 0 Å². The van der Waals surface area contributed by atoms with E-state index in [4.69, 9.17) is 0 Å². The van der Waals surface area contributed by atoms with Crippen LogP contribution in [0.2, 0.25) is 0 Å². The van der Waals surface area contributed by atoms with Gasteiger partial charge in [-0.25, -0.2) is 18.4 Å². The molecule has 1 aromatic heterocycles. The van der Waals surface area contributed by atoms with Gasteiger partial charge in [0.05, 0.1) is 0 Å². The lowest BCUT2D eigenvalue weighted by molar-refractivity contribution is 0.569. The Morgan fingerprint density at radius 1 is 1.56 bits per heavy atom. The Balaban J connectivity index is 2.34. The third kappa shape index (κ3) is 2.74. The average molecular weight is 291 g/mol. The van der Waals surface area contributed by atoms with Crippen molar-refractivity contribution in [2.75, 3.05) is 28.7 Å². The molecule has 2 rings (SSSR count). The van der Waals surface area contributed by atoms with Crippen LogP contribution in [0.3, 0.4) is 0 Å². The number of halogens is 1. The maximum absolute atomic E-state index is 13.1. The second kappa shape index (κ2) is 5.40. The summed E-state index contributed by atoms with van der Waals surface area (Å²) in [7, 11) is -3.21. The van der Waals surface area contributed by atoms with Crippen LogP contribution < -0.4 is 4.90 Å². The molecule has 5 nitrogen and oxygen atoms in total. The second-order valence-electron chi connectivity index (χ2n) is 3.87. The SMILES string of the molecule is CCS(=O)(=O)C1CSCCN1c1cc(F)ncn1. The maximum Gasteiger partial charge on any atom is 0.218 e. The molecule has 0 N–H and O–H groups in total. The summed E-state index contributed by atoms with van der Waals surface area (Å²) in [6.45, 7) is 2.17. The molecule has 0 radical (unpaired) electrons. The molecular formula is C10H14FN3O2S2. The first-order valence-corrected chi connectivity index (χ1v) is 8.45. The number of sulfone groups is 1. The number of hydrogen-bond donors (Lipinski definition) is 0. The summed E-state index contributed by atoms with van der Waals surface area (Å²) in [5.41, 5.74) is 0. The van der Waals surface area contributed by atoms with E-state index in [0.717, 1.165) is 12.1 Å². The van der Waals surface area contributed by atoms with E-state index in [0.29, 0.717) is 18.1 Å². The lowest BCUT2D eigenvalue weighted by atomic mass is 10.4. The van der Waals surface area contributed by atoms with Gasteiger partial charge in [-0.3, -0.25) is 0 Å². The standard InChI is InChI=1S/C10H14FN3O2S2/c1-2-18(15,16)10-6-17-4-3-14(10)9-5-8(11)12-7-13-9/h5,7,10H,2-4,6H2,1H3. The normalized spacial score (nSPS) is 21.0. The minimum atomic E-state index is -3.21. The molecule has 0 aliphatic carbocycles. The predicted octanol–water partition coefficient (Wildman–Crippen LogP) is 0.930. The van der Waals surface area contributed by atoms with E-state index in [2.05, 4.69) is 9.97 Å². The van der Waals surface area contributed by atoms with Crippen molar-refractivity contribution in [2.24, 2.45) is 0 Å². The number of nitrogens with zero attached hydrogens (tertiary/aromatic N) is 3. The van der Waals surface area contributed by atoms with Crippen LogP contribution in [0.1, 0.15) is 6.92 Å². The van der Waals surface area contributed by atoms with Crippen LogP contribution in [0.25, 0.3) is 0 Å². The maximum atomic E-state index is 13.1. The van der Waals surface area contributed by atoms with Crippen LogP contribution in [-0.4, -0.2) is 47.6 Å². The van der Waals surface area contributed by atoms with Crippen LogP contribution in [0.15, 0.2) is 12.4 Å². The fraction of sp³-hybridized carbons (Fsp3) is 0.600. The largest absolute Gasteiger partial charge is 0.338 e. The summed E-state index contributed by atoms with van der Waals surface area (Å²) in [6, 6.07) is 1.17. The van der Waals surface area contributed by atoms with Gasteiger partial charge in [-0.05, 0) is 0 Å². The van der Waals surface area contributed by atoms with Gasteiger partial charge in [0.15, 0.2) is 9.84 Å². The van der Waals surface area contributed by atoms with Crippen molar-refractivity contribution in [1.82, 2.24) is 9.97 Å². The van der Waals surface area contributed by atoms with Gasteiger partial charge in [-0.15, -0.1) is 0 Å². The number of anilines is 1. The van der Waals surface area contributed by atoms with Crippen molar-refractivity contribution >= 4 is 27.4 Å². The van der Waals surface area contributed by atoms with E-state index in [-0.39, 0.29) is 5.75 Å². The van der Waals surface area contributed by atoms with E-state index < -0.39 is 21.2 Å². The Hall–Kier alpha value is -0.890. The molecule has 1 fully saturated rings. The zero-order valence-corrected chi connectivity index (χ0v) is 11.5. The molecule has 1 aliphatic rings. The highest BCUT2D eigenvalue weighted by molar-refractivity contribution is 8.01. The van der Waals surface area contributed by atoms with E-state index in [1.54, 1.807) is 23.6 Å². The Morgan fingerprint density at radius 3 is 3.00 bits per heavy atom. The van der Waals surface area contributed by atoms with Crippen molar-refractivity contribution in [3.63, 3.8) is 0 Å². The highest BCUT2D eigenvalue weighted by Crippen LogP contribution is 2.25. The van der Waals surface area contributed by atoms with Gasteiger partial charge in [0, 0.05) is 29.9 Å². The van der Waals surface area contributed by atoms with Gasteiger partial charge in [-0.1, -0.05) is 6.92 Å². The number of aromatic nitrogens is 2. The summed E-state index contributed by atoms with van der Waals surface area (Å²) in [6.07, 6.45) is 1.11. The van der Waals surface area contributed by atoms with Gasteiger partial charge in [0.1, 0.15) is 17.5 Å². The van der Waals surface area contributed by atoms with Gasteiger partial charge in [-0.2, -0.15) is 16.2 Å². The Morgan fingerprint density at radius 2 is 2.33 bits per heavy atom. The molecule has 8 heteroatoms. The minimum absolute atomic E-state index is 0.0717. The summed E-state index contributed by atoms with van der Waals surface area (Å²) in [4.78, 5) is 9.00. The third-order valence-corrected chi connectivity index (χ3v) is 6.10. The molecule has 1 unspecified atom stereocenters. The first-order chi connectivity index (χ1) is 8.54. The van der Waals surface area contributed by atoms with E-state index in [9.17, 15) is 12.8 Å².